The largest absolute Gasteiger partial charge is 0.454 e. The topological polar surface area (TPSA) is 36.9 Å². The molecule has 5 aromatic rings. The van der Waals surface area contributed by atoms with Gasteiger partial charge in [-0.25, -0.2) is 0 Å². The second kappa shape index (κ2) is 12.5. The van der Waals surface area contributed by atoms with Gasteiger partial charge in [-0.1, -0.05) is 121 Å². The van der Waals surface area contributed by atoms with Crippen molar-refractivity contribution in [3.05, 3.63) is 139 Å². The zero-order chi connectivity index (χ0) is 29.3. The molecule has 0 amide bonds. The van der Waals surface area contributed by atoms with Crippen LogP contribution in [-0.4, -0.2) is 31.5 Å². The van der Waals surface area contributed by atoms with Crippen molar-refractivity contribution >= 4 is 42.4 Å². The summed E-state index contributed by atoms with van der Waals surface area (Å²) in [5.74, 6) is 1.76. The fourth-order valence-corrected chi connectivity index (χ4v) is 12.8. The molecule has 0 spiro atoms. The molecule has 2 unspecified atom stereocenters. The van der Waals surface area contributed by atoms with Crippen LogP contribution in [0.25, 0.3) is 0 Å². The Kier molecular flexibility index (Phi) is 7.93. The van der Waals surface area contributed by atoms with Gasteiger partial charge < -0.3 is 18.9 Å². The summed E-state index contributed by atoms with van der Waals surface area (Å²) in [5, 5.41) is 6.72. The van der Waals surface area contributed by atoms with E-state index >= 15 is 0 Å². The van der Waals surface area contributed by atoms with E-state index in [1.807, 2.05) is 0 Å². The van der Waals surface area contributed by atoms with Crippen LogP contribution in [0.1, 0.15) is 24.3 Å². The lowest BCUT2D eigenvalue weighted by molar-refractivity contribution is 0.0368. The van der Waals surface area contributed by atoms with Crippen LogP contribution in [0.15, 0.2) is 133 Å². The Morgan fingerprint density at radius 3 is 1.68 bits per heavy atom. The summed E-state index contributed by atoms with van der Waals surface area (Å²) < 4.78 is 25.3. The molecule has 4 atom stereocenters. The quantitative estimate of drug-likeness (QED) is 0.202. The molecule has 1 saturated carbocycles. The van der Waals surface area contributed by atoms with E-state index in [4.69, 9.17) is 18.9 Å². The Labute approximate surface area is 261 Å². The van der Waals surface area contributed by atoms with E-state index in [-0.39, 0.29) is 24.9 Å². The smallest absolute Gasteiger partial charge is 0.231 e. The lowest BCUT2D eigenvalue weighted by atomic mass is 9.79. The van der Waals surface area contributed by atoms with Gasteiger partial charge in [-0.3, -0.25) is 0 Å². The molecule has 5 aromatic carbocycles. The average Bonchev–Trinajstić information content (AvgIpc) is 3.77. The first-order chi connectivity index (χ1) is 21.9. The van der Waals surface area contributed by atoms with Gasteiger partial charge in [0.2, 0.25) is 6.79 Å². The molecule has 2 aliphatic heterocycles. The normalized spacial score (nSPS) is 22.3. The second-order valence-corrected chi connectivity index (χ2v) is 16.0. The van der Waals surface area contributed by atoms with E-state index in [2.05, 4.69) is 133 Å². The van der Waals surface area contributed by atoms with Crippen molar-refractivity contribution in [1.82, 2.24) is 0 Å². The van der Waals surface area contributed by atoms with Crippen molar-refractivity contribution in [2.24, 2.45) is 0 Å². The van der Waals surface area contributed by atoms with Crippen molar-refractivity contribution in [2.45, 2.75) is 36.6 Å². The summed E-state index contributed by atoms with van der Waals surface area (Å²) in [6.07, 6.45) is 2.02. The standard InChI is InChI=1S/C38H34O4P2/c1-5-13-27(14-6-1)43(28-15-7-2-8-16-28)33-23-21-31-37(41-25-39-31)35(33)36-34(24-22-32-38(36)42-26-40-32)44(29-17-9-3-10-18-29)30-19-11-4-12-20-30/h1-21,23,32,34,36,38H,22,24-26H2/t32?,34-,36+,38?/m1/s1. The molecule has 0 aromatic heterocycles. The first-order valence-corrected chi connectivity index (χ1v) is 18.1. The van der Waals surface area contributed by atoms with Crippen LogP contribution in [0.3, 0.4) is 0 Å². The summed E-state index contributed by atoms with van der Waals surface area (Å²) in [6.45, 7) is 0.566. The molecule has 1 saturated heterocycles. The van der Waals surface area contributed by atoms with Gasteiger partial charge in [0, 0.05) is 11.5 Å². The number of rotatable bonds is 7. The fraction of sp³-hybridized carbons (Fsp3) is 0.211. The van der Waals surface area contributed by atoms with E-state index < -0.39 is 15.8 Å². The number of benzene rings is 5. The highest BCUT2D eigenvalue weighted by Crippen LogP contribution is 2.57. The average molecular weight is 617 g/mol. The monoisotopic (exact) mass is 616 g/mol. The Bertz CT molecular complexity index is 1620. The molecule has 2 fully saturated rings. The molecule has 0 bridgehead atoms. The molecule has 2 heterocycles. The summed E-state index contributed by atoms with van der Waals surface area (Å²) in [7, 11) is -1.61. The lowest BCUT2D eigenvalue weighted by Crippen LogP contribution is -2.45. The van der Waals surface area contributed by atoms with E-state index in [0.717, 1.165) is 24.3 Å². The lowest BCUT2D eigenvalue weighted by Gasteiger charge is -2.44. The minimum Gasteiger partial charge on any atom is -0.454 e. The first kappa shape index (κ1) is 28.0. The molecule has 44 heavy (non-hydrogen) atoms. The molecular weight excluding hydrogens is 582 g/mol. The molecule has 3 aliphatic rings. The van der Waals surface area contributed by atoms with E-state index in [1.54, 1.807) is 0 Å². The molecule has 220 valence electrons. The van der Waals surface area contributed by atoms with Crippen molar-refractivity contribution in [2.75, 3.05) is 13.6 Å². The first-order valence-electron chi connectivity index (χ1n) is 15.3. The van der Waals surface area contributed by atoms with E-state index in [1.165, 1.54) is 32.1 Å². The Hall–Kier alpha value is -3.52. The van der Waals surface area contributed by atoms with Crippen LogP contribution in [0, 0.1) is 0 Å². The Balaban J connectivity index is 1.37. The van der Waals surface area contributed by atoms with Crippen LogP contribution >= 0.6 is 15.8 Å². The van der Waals surface area contributed by atoms with Gasteiger partial charge in [0.05, 0.1) is 12.2 Å². The van der Waals surface area contributed by atoms with Gasteiger partial charge in [-0.15, -0.1) is 0 Å². The highest BCUT2D eigenvalue weighted by molar-refractivity contribution is 7.80. The SMILES string of the molecule is c1ccc(P(c2ccccc2)c2ccc3c(c2[C@H]2C4OCOC4CC[C@H]2P(c2ccccc2)c2ccccc2)OCO3)cc1. The molecule has 6 heteroatoms. The second-order valence-electron chi connectivity index (χ2n) is 11.4. The zero-order valence-corrected chi connectivity index (χ0v) is 26.2. The number of ether oxygens (including phenoxy) is 4. The maximum atomic E-state index is 6.58. The van der Waals surface area contributed by atoms with Crippen molar-refractivity contribution in [3.63, 3.8) is 0 Å². The van der Waals surface area contributed by atoms with Crippen molar-refractivity contribution < 1.29 is 18.9 Å². The summed E-state index contributed by atoms with van der Waals surface area (Å²) >= 11 is 0. The summed E-state index contributed by atoms with van der Waals surface area (Å²) in [5.41, 5.74) is 1.55. The van der Waals surface area contributed by atoms with Crippen LogP contribution in [-0.2, 0) is 9.47 Å². The highest BCUT2D eigenvalue weighted by atomic mass is 31.1. The van der Waals surface area contributed by atoms with Gasteiger partial charge in [-0.05, 0) is 73.0 Å². The number of hydrogen-bond donors (Lipinski definition) is 0. The molecule has 0 radical (unpaired) electrons. The van der Waals surface area contributed by atoms with Crippen LogP contribution in [0.5, 0.6) is 11.5 Å². The van der Waals surface area contributed by atoms with E-state index in [0.29, 0.717) is 12.5 Å². The third-order valence-corrected chi connectivity index (χ3v) is 14.4. The molecule has 0 N–H and O–H groups in total. The predicted molar refractivity (Wildman–Crippen MR) is 181 cm³/mol. The van der Waals surface area contributed by atoms with E-state index in [9.17, 15) is 0 Å². The minimum atomic E-state index is -0.888. The maximum Gasteiger partial charge on any atom is 0.231 e. The van der Waals surface area contributed by atoms with Crippen molar-refractivity contribution in [3.8, 4) is 11.5 Å². The molecule has 1 aliphatic carbocycles. The summed E-state index contributed by atoms with van der Waals surface area (Å²) in [4.78, 5) is 0. The van der Waals surface area contributed by atoms with Crippen LogP contribution in [0.4, 0.5) is 0 Å². The fourth-order valence-electron chi connectivity index (χ4n) is 7.16. The van der Waals surface area contributed by atoms with Gasteiger partial charge >= 0.3 is 0 Å². The molecular formula is C38H34O4P2. The van der Waals surface area contributed by atoms with Crippen LogP contribution < -0.4 is 36.0 Å². The Morgan fingerprint density at radius 2 is 1.09 bits per heavy atom. The highest BCUT2D eigenvalue weighted by Gasteiger charge is 2.50. The van der Waals surface area contributed by atoms with Gasteiger partial charge in [0.15, 0.2) is 11.5 Å². The molecule has 4 nitrogen and oxygen atoms in total. The third kappa shape index (κ3) is 5.15. The molecule has 8 rings (SSSR count). The summed E-state index contributed by atoms with van der Waals surface area (Å²) in [6, 6.07) is 48.5. The number of hydrogen-bond acceptors (Lipinski definition) is 4. The van der Waals surface area contributed by atoms with Gasteiger partial charge in [-0.2, -0.15) is 0 Å². The Morgan fingerprint density at radius 1 is 0.523 bits per heavy atom. The van der Waals surface area contributed by atoms with Crippen LogP contribution in [0.2, 0.25) is 0 Å². The maximum absolute atomic E-state index is 6.58. The third-order valence-electron chi connectivity index (χ3n) is 8.98. The van der Waals surface area contributed by atoms with Gasteiger partial charge in [0.25, 0.3) is 0 Å². The van der Waals surface area contributed by atoms with Crippen molar-refractivity contribution in [1.29, 1.82) is 0 Å². The minimum absolute atomic E-state index is 0.0605. The zero-order valence-electron chi connectivity index (χ0n) is 24.4. The number of fused-ring (bicyclic) bond motifs is 2. The predicted octanol–water partition coefficient (Wildman–Crippen LogP) is 6.29. The van der Waals surface area contributed by atoms with Gasteiger partial charge in [0.1, 0.15) is 6.79 Å².